The third kappa shape index (κ3) is 4.97. The molecule has 5 aromatic rings. The summed E-state index contributed by atoms with van der Waals surface area (Å²) in [7, 11) is 0. The highest BCUT2D eigenvalue weighted by Crippen LogP contribution is 2.33. The molecule has 0 aliphatic rings. The molecule has 160 valence electrons. The minimum Gasteiger partial charge on any atom is -0.324 e. The molecular formula is C27H22N6. The molecule has 0 bridgehead atoms. The maximum Gasteiger partial charge on any atom is 0.241 e. The van der Waals surface area contributed by atoms with E-state index in [4.69, 9.17) is 9.97 Å². The molecule has 1 aromatic heterocycles. The fourth-order valence-electron chi connectivity index (χ4n) is 3.41. The van der Waals surface area contributed by atoms with E-state index in [9.17, 15) is 0 Å². The molecule has 6 nitrogen and oxygen atoms in total. The van der Waals surface area contributed by atoms with Crippen molar-refractivity contribution in [2.45, 2.75) is 0 Å². The first-order chi connectivity index (χ1) is 16.3. The lowest BCUT2D eigenvalue weighted by Gasteiger charge is -2.23. The Labute approximate surface area is 192 Å². The van der Waals surface area contributed by atoms with Crippen LogP contribution in [0.3, 0.4) is 0 Å². The first-order valence-corrected chi connectivity index (χ1v) is 10.7. The van der Waals surface area contributed by atoms with Crippen molar-refractivity contribution in [3.8, 4) is 0 Å². The van der Waals surface area contributed by atoms with Crippen molar-refractivity contribution >= 4 is 40.6 Å². The Kier molecular flexibility index (Phi) is 5.89. The van der Waals surface area contributed by atoms with Crippen LogP contribution >= 0.6 is 0 Å². The molecular weight excluding hydrogens is 408 g/mol. The number of anilines is 7. The second-order valence-electron chi connectivity index (χ2n) is 7.27. The molecule has 1 heterocycles. The third-order valence-corrected chi connectivity index (χ3v) is 4.91. The van der Waals surface area contributed by atoms with E-state index in [0.29, 0.717) is 17.8 Å². The molecule has 2 N–H and O–H groups in total. The average Bonchev–Trinajstić information content (AvgIpc) is 2.87. The van der Waals surface area contributed by atoms with Gasteiger partial charge >= 0.3 is 0 Å². The van der Waals surface area contributed by atoms with Crippen LogP contribution in [0.4, 0.5) is 40.6 Å². The normalized spacial score (nSPS) is 10.4. The standard InChI is InChI=1S/C27H22N6/c1-5-13-21(14-6-1)28-25-30-26(29-22-15-7-2-8-16-22)32-27(31-25)33(23-17-9-3-10-18-23)24-19-11-4-12-20-24/h1-20H,(H2,28,29,30,31,32). The Hall–Kier alpha value is -4.71. The number of rotatable bonds is 7. The summed E-state index contributed by atoms with van der Waals surface area (Å²) in [5, 5.41) is 6.60. The van der Waals surface area contributed by atoms with Gasteiger partial charge in [-0.05, 0) is 48.5 Å². The monoisotopic (exact) mass is 430 g/mol. The van der Waals surface area contributed by atoms with Crippen molar-refractivity contribution < 1.29 is 0 Å². The van der Waals surface area contributed by atoms with Crippen LogP contribution in [0, 0.1) is 0 Å². The number of hydrogen-bond donors (Lipinski definition) is 2. The molecule has 0 saturated heterocycles. The number of benzene rings is 4. The Balaban J connectivity index is 1.62. The molecule has 0 amide bonds. The minimum atomic E-state index is 0.446. The maximum atomic E-state index is 4.78. The van der Waals surface area contributed by atoms with Crippen LogP contribution in [0.5, 0.6) is 0 Å². The molecule has 0 saturated carbocycles. The zero-order chi connectivity index (χ0) is 22.3. The van der Waals surface area contributed by atoms with Gasteiger partial charge in [-0.1, -0.05) is 72.8 Å². The second-order valence-corrected chi connectivity index (χ2v) is 7.27. The highest BCUT2D eigenvalue weighted by molar-refractivity contribution is 5.74. The lowest BCUT2D eigenvalue weighted by atomic mass is 10.2. The van der Waals surface area contributed by atoms with Gasteiger partial charge in [0.1, 0.15) is 0 Å². The third-order valence-electron chi connectivity index (χ3n) is 4.91. The van der Waals surface area contributed by atoms with Gasteiger partial charge in [0.05, 0.1) is 0 Å². The summed E-state index contributed by atoms with van der Waals surface area (Å²) in [6.07, 6.45) is 0. The minimum absolute atomic E-state index is 0.446. The van der Waals surface area contributed by atoms with Gasteiger partial charge in [-0.15, -0.1) is 0 Å². The van der Waals surface area contributed by atoms with Crippen LogP contribution in [0.2, 0.25) is 0 Å². The molecule has 0 atom stereocenters. The summed E-state index contributed by atoms with van der Waals surface area (Å²) >= 11 is 0. The Morgan fingerprint density at radius 1 is 0.424 bits per heavy atom. The van der Waals surface area contributed by atoms with Crippen molar-refractivity contribution in [1.82, 2.24) is 15.0 Å². The topological polar surface area (TPSA) is 66.0 Å². The highest BCUT2D eigenvalue weighted by atomic mass is 15.3. The predicted octanol–water partition coefficient (Wildman–Crippen LogP) is 6.83. The van der Waals surface area contributed by atoms with Crippen LogP contribution in [-0.4, -0.2) is 15.0 Å². The van der Waals surface area contributed by atoms with E-state index in [1.54, 1.807) is 0 Å². The smallest absolute Gasteiger partial charge is 0.241 e. The number of aromatic nitrogens is 3. The highest BCUT2D eigenvalue weighted by Gasteiger charge is 2.18. The lowest BCUT2D eigenvalue weighted by molar-refractivity contribution is 1.02. The molecule has 0 spiro atoms. The van der Waals surface area contributed by atoms with Crippen molar-refractivity contribution in [3.05, 3.63) is 121 Å². The fraction of sp³-hybridized carbons (Fsp3) is 0. The summed E-state index contributed by atoms with van der Waals surface area (Å²) in [5.41, 5.74) is 3.69. The van der Waals surface area contributed by atoms with Crippen LogP contribution in [0.15, 0.2) is 121 Å². The largest absolute Gasteiger partial charge is 0.324 e. The molecule has 6 heteroatoms. The lowest BCUT2D eigenvalue weighted by Crippen LogP contribution is -2.16. The van der Waals surface area contributed by atoms with E-state index in [1.807, 2.05) is 126 Å². The SMILES string of the molecule is c1ccc(Nc2nc(Nc3ccccc3)nc(N(c3ccccc3)c3ccccc3)n2)cc1. The first kappa shape index (κ1) is 20.2. The van der Waals surface area contributed by atoms with Crippen molar-refractivity contribution in [1.29, 1.82) is 0 Å². The van der Waals surface area contributed by atoms with Gasteiger partial charge in [-0.3, -0.25) is 4.90 Å². The first-order valence-electron chi connectivity index (χ1n) is 10.7. The van der Waals surface area contributed by atoms with Crippen LogP contribution < -0.4 is 15.5 Å². The summed E-state index contributed by atoms with van der Waals surface area (Å²) in [6.45, 7) is 0. The van der Waals surface area contributed by atoms with E-state index in [1.165, 1.54) is 0 Å². The van der Waals surface area contributed by atoms with Gasteiger partial charge in [0.2, 0.25) is 17.8 Å². The van der Waals surface area contributed by atoms with E-state index < -0.39 is 0 Å². The van der Waals surface area contributed by atoms with Crippen molar-refractivity contribution in [2.24, 2.45) is 0 Å². The van der Waals surface area contributed by atoms with E-state index in [2.05, 4.69) is 15.6 Å². The van der Waals surface area contributed by atoms with Gasteiger partial charge in [0.15, 0.2) is 0 Å². The van der Waals surface area contributed by atoms with E-state index in [-0.39, 0.29) is 0 Å². The van der Waals surface area contributed by atoms with Crippen LogP contribution in [0.1, 0.15) is 0 Å². The zero-order valence-corrected chi connectivity index (χ0v) is 17.8. The summed E-state index contributed by atoms with van der Waals surface area (Å²) < 4.78 is 0. The van der Waals surface area contributed by atoms with E-state index >= 15 is 0 Å². The molecule has 0 aliphatic heterocycles. The summed E-state index contributed by atoms with van der Waals surface area (Å²) in [6, 6.07) is 39.8. The van der Waals surface area contributed by atoms with Gasteiger partial charge in [-0.2, -0.15) is 15.0 Å². The molecule has 0 aliphatic carbocycles. The molecule has 4 aromatic carbocycles. The molecule has 33 heavy (non-hydrogen) atoms. The molecule has 0 unspecified atom stereocenters. The van der Waals surface area contributed by atoms with Crippen molar-refractivity contribution in [2.75, 3.05) is 15.5 Å². The van der Waals surface area contributed by atoms with Crippen LogP contribution in [0.25, 0.3) is 0 Å². The average molecular weight is 431 g/mol. The quantitative estimate of drug-likeness (QED) is 0.295. The molecule has 5 rings (SSSR count). The van der Waals surface area contributed by atoms with Crippen LogP contribution in [-0.2, 0) is 0 Å². The Morgan fingerprint density at radius 3 is 1.18 bits per heavy atom. The zero-order valence-electron chi connectivity index (χ0n) is 17.8. The second kappa shape index (κ2) is 9.62. The molecule has 0 fully saturated rings. The maximum absolute atomic E-state index is 4.78. The predicted molar refractivity (Wildman–Crippen MR) is 134 cm³/mol. The summed E-state index contributed by atoms with van der Waals surface area (Å²) in [5.74, 6) is 1.39. The number of nitrogens with zero attached hydrogens (tertiary/aromatic N) is 4. The van der Waals surface area contributed by atoms with Gasteiger partial charge in [0.25, 0.3) is 0 Å². The fourth-order valence-corrected chi connectivity index (χ4v) is 3.41. The van der Waals surface area contributed by atoms with Gasteiger partial charge < -0.3 is 10.6 Å². The number of nitrogens with one attached hydrogen (secondary N) is 2. The number of hydrogen-bond acceptors (Lipinski definition) is 6. The van der Waals surface area contributed by atoms with Gasteiger partial charge in [0, 0.05) is 22.7 Å². The number of para-hydroxylation sites is 4. The Morgan fingerprint density at radius 2 is 0.788 bits per heavy atom. The van der Waals surface area contributed by atoms with E-state index in [0.717, 1.165) is 22.7 Å². The van der Waals surface area contributed by atoms with Gasteiger partial charge in [-0.25, -0.2) is 0 Å². The summed E-state index contributed by atoms with van der Waals surface area (Å²) in [4.78, 5) is 16.2. The molecule has 0 radical (unpaired) electrons. The Bertz CT molecular complexity index is 1200. The van der Waals surface area contributed by atoms with Crippen molar-refractivity contribution in [3.63, 3.8) is 0 Å².